The van der Waals surface area contributed by atoms with E-state index >= 15 is 0 Å². The average molecular weight is 527 g/mol. The summed E-state index contributed by atoms with van der Waals surface area (Å²) < 4.78 is 11.1. The molecule has 0 aliphatic carbocycles. The van der Waals surface area contributed by atoms with Crippen LogP contribution in [0.15, 0.2) is 75.9 Å². The lowest BCUT2D eigenvalue weighted by molar-refractivity contribution is -0.125. The van der Waals surface area contributed by atoms with E-state index in [2.05, 4.69) is 10.6 Å². The third kappa shape index (κ3) is 5.82. The van der Waals surface area contributed by atoms with Crippen molar-refractivity contribution in [2.24, 2.45) is 0 Å². The SMILES string of the molecule is Cc1cc(NC(=S)NC(=O)C(C)Oc2ccc(Cl)cc2Cl)ccc1-c1cc2ccccc2oc1=O. The van der Waals surface area contributed by atoms with Gasteiger partial charge in [0.2, 0.25) is 0 Å². The number of halogens is 2. The number of carbonyl (C=O) groups is 1. The van der Waals surface area contributed by atoms with Crippen molar-refractivity contribution >= 4 is 63.1 Å². The van der Waals surface area contributed by atoms with Crippen molar-refractivity contribution in [3.05, 3.63) is 92.8 Å². The van der Waals surface area contributed by atoms with Crippen molar-refractivity contribution in [3.8, 4) is 16.9 Å². The van der Waals surface area contributed by atoms with E-state index in [0.29, 0.717) is 32.6 Å². The number of aryl methyl sites for hydroxylation is 1. The Hall–Kier alpha value is -3.39. The van der Waals surface area contributed by atoms with Gasteiger partial charge in [-0.05, 0) is 79.7 Å². The van der Waals surface area contributed by atoms with Gasteiger partial charge < -0.3 is 14.5 Å². The molecule has 3 aromatic carbocycles. The van der Waals surface area contributed by atoms with Gasteiger partial charge in [0.05, 0.1) is 10.6 Å². The topological polar surface area (TPSA) is 80.6 Å². The molecule has 1 heterocycles. The van der Waals surface area contributed by atoms with Gasteiger partial charge in [0.25, 0.3) is 5.91 Å². The van der Waals surface area contributed by atoms with Crippen molar-refractivity contribution in [2.45, 2.75) is 20.0 Å². The summed E-state index contributed by atoms with van der Waals surface area (Å²) in [5.41, 5.74) is 2.82. The molecular formula is C26H20Cl2N2O4S. The summed E-state index contributed by atoms with van der Waals surface area (Å²) in [4.78, 5) is 25.0. The van der Waals surface area contributed by atoms with Gasteiger partial charge in [0.1, 0.15) is 11.3 Å². The van der Waals surface area contributed by atoms with Crippen molar-refractivity contribution < 1.29 is 13.9 Å². The van der Waals surface area contributed by atoms with Gasteiger partial charge in [0, 0.05) is 16.1 Å². The second kappa shape index (κ2) is 10.5. The molecule has 1 amide bonds. The molecular weight excluding hydrogens is 507 g/mol. The molecule has 35 heavy (non-hydrogen) atoms. The fourth-order valence-electron chi connectivity index (χ4n) is 3.48. The first kappa shape index (κ1) is 24.7. The van der Waals surface area contributed by atoms with Gasteiger partial charge >= 0.3 is 5.63 Å². The minimum absolute atomic E-state index is 0.102. The van der Waals surface area contributed by atoms with Crippen molar-refractivity contribution in [1.29, 1.82) is 0 Å². The fraction of sp³-hybridized carbons (Fsp3) is 0.115. The van der Waals surface area contributed by atoms with Crippen LogP contribution >= 0.6 is 35.4 Å². The number of thiocarbonyl (C=S) groups is 1. The first-order valence-electron chi connectivity index (χ1n) is 10.6. The van der Waals surface area contributed by atoms with E-state index in [4.69, 9.17) is 44.6 Å². The minimum Gasteiger partial charge on any atom is -0.479 e. The molecule has 0 fully saturated rings. The number of rotatable bonds is 5. The summed E-state index contributed by atoms with van der Waals surface area (Å²) in [6.45, 7) is 3.46. The molecule has 0 saturated carbocycles. The highest BCUT2D eigenvalue weighted by Crippen LogP contribution is 2.29. The Bertz CT molecular complexity index is 1500. The van der Waals surface area contributed by atoms with Crippen LogP contribution in [0.5, 0.6) is 5.75 Å². The number of anilines is 1. The summed E-state index contributed by atoms with van der Waals surface area (Å²) in [6.07, 6.45) is -0.857. The number of ether oxygens (including phenoxy) is 1. The van der Waals surface area contributed by atoms with E-state index < -0.39 is 17.6 Å². The quantitative estimate of drug-likeness (QED) is 0.232. The Labute approximate surface area is 216 Å². The maximum atomic E-state index is 12.5. The smallest absolute Gasteiger partial charge is 0.344 e. The van der Waals surface area contributed by atoms with E-state index in [0.717, 1.165) is 16.5 Å². The highest BCUT2D eigenvalue weighted by molar-refractivity contribution is 7.80. The molecule has 4 rings (SSSR count). The van der Waals surface area contributed by atoms with Crippen LogP contribution in [0.4, 0.5) is 5.69 Å². The van der Waals surface area contributed by atoms with Crippen LogP contribution in [0.25, 0.3) is 22.1 Å². The van der Waals surface area contributed by atoms with Crippen molar-refractivity contribution in [2.75, 3.05) is 5.32 Å². The van der Waals surface area contributed by atoms with Crippen LogP contribution < -0.4 is 21.0 Å². The third-order valence-electron chi connectivity index (χ3n) is 5.22. The number of benzene rings is 3. The molecule has 0 radical (unpaired) electrons. The Morgan fingerprint density at radius 1 is 1.03 bits per heavy atom. The molecule has 9 heteroatoms. The lowest BCUT2D eigenvalue weighted by atomic mass is 10.0. The predicted molar refractivity (Wildman–Crippen MR) is 144 cm³/mol. The largest absolute Gasteiger partial charge is 0.479 e. The molecule has 1 atom stereocenters. The van der Waals surface area contributed by atoms with Crippen LogP contribution in [-0.4, -0.2) is 17.1 Å². The zero-order chi connectivity index (χ0) is 25.1. The zero-order valence-corrected chi connectivity index (χ0v) is 21.1. The third-order valence-corrected chi connectivity index (χ3v) is 5.95. The van der Waals surface area contributed by atoms with E-state index in [-0.39, 0.29) is 5.11 Å². The van der Waals surface area contributed by atoms with Gasteiger partial charge in [-0.25, -0.2) is 4.79 Å². The van der Waals surface area contributed by atoms with Crippen LogP contribution in [-0.2, 0) is 4.79 Å². The Morgan fingerprint density at radius 2 is 1.80 bits per heavy atom. The highest BCUT2D eigenvalue weighted by Gasteiger charge is 2.18. The summed E-state index contributed by atoms with van der Waals surface area (Å²) in [7, 11) is 0. The average Bonchev–Trinajstić information content (AvgIpc) is 2.80. The lowest BCUT2D eigenvalue weighted by Gasteiger charge is -2.17. The number of para-hydroxylation sites is 1. The Morgan fingerprint density at radius 3 is 2.54 bits per heavy atom. The first-order valence-corrected chi connectivity index (χ1v) is 11.7. The van der Waals surface area contributed by atoms with E-state index in [1.165, 1.54) is 6.07 Å². The second-order valence-electron chi connectivity index (χ2n) is 7.79. The van der Waals surface area contributed by atoms with Crippen LogP contribution in [0.1, 0.15) is 12.5 Å². The highest BCUT2D eigenvalue weighted by atomic mass is 35.5. The van der Waals surface area contributed by atoms with Crippen molar-refractivity contribution in [3.63, 3.8) is 0 Å². The maximum Gasteiger partial charge on any atom is 0.344 e. The molecule has 0 aliphatic heterocycles. The number of amides is 1. The standard InChI is InChI=1S/C26H20Cl2N2O4S/c1-14-11-18(8-9-19(14)20-12-16-5-3-4-6-22(16)34-25(20)32)29-26(35)30-24(31)15(2)33-23-10-7-17(27)13-21(23)28/h3-13,15H,1-2H3,(H2,29,30,31,35). The first-order chi connectivity index (χ1) is 16.7. The summed E-state index contributed by atoms with van der Waals surface area (Å²) in [6, 6.07) is 19.3. The van der Waals surface area contributed by atoms with Gasteiger partial charge in [-0.15, -0.1) is 0 Å². The summed E-state index contributed by atoms with van der Waals surface area (Å²) in [5, 5.41) is 7.27. The van der Waals surface area contributed by atoms with Crippen LogP contribution in [0.2, 0.25) is 10.0 Å². The molecule has 6 nitrogen and oxygen atoms in total. The van der Waals surface area contributed by atoms with Crippen LogP contribution in [0.3, 0.4) is 0 Å². The van der Waals surface area contributed by atoms with Gasteiger partial charge in [-0.2, -0.15) is 0 Å². The number of hydrogen-bond acceptors (Lipinski definition) is 5. The molecule has 0 aliphatic rings. The Balaban J connectivity index is 1.43. The number of hydrogen-bond donors (Lipinski definition) is 2. The summed E-state index contributed by atoms with van der Waals surface area (Å²) >= 11 is 17.3. The fourth-order valence-corrected chi connectivity index (χ4v) is 4.16. The van der Waals surface area contributed by atoms with E-state index in [1.54, 1.807) is 37.3 Å². The number of nitrogens with one attached hydrogen (secondary N) is 2. The van der Waals surface area contributed by atoms with Gasteiger partial charge in [-0.1, -0.05) is 47.5 Å². The number of carbonyl (C=O) groups excluding carboxylic acids is 1. The van der Waals surface area contributed by atoms with E-state index in [9.17, 15) is 9.59 Å². The molecule has 178 valence electrons. The molecule has 2 N–H and O–H groups in total. The van der Waals surface area contributed by atoms with Crippen LogP contribution in [0, 0.1) is 6.92 Å². The minimum atomic E-state index is -0.857. The molecule has 1 unspecified atom stereocenters. The zero-order valence-electron chi connectivity index (χ0n) is 18.7. The Kier molecular flexibility index (Phi) is 7.40. The summed E-state index contributed by atoms with van der Waals surface area (Å²) in [5.74, 6) is -0.113. The molecule has 0 bridgehead atoms. The lowest BCUT2D eigenvalue weighted by Crippen LogP contribution is -2.42. The van der Waals surface area contributed by atoms with E-state index in [1.807, 2.05) is 37.3 Å². The normalized spacial score (nSPS) is 11.7. The second-order valence-corrected chi connectivity index (χ2v) is 9.05. The van der Waals surface area contributed by atoms with Crippen molar-refractivity contribution in [1.82, 2.24) is 5.32 Å². The van der Waals surface area contributed by atoms with Gasteiger partial charge in [-0.3, -0.25) is 10.1 Å². The predicted octanol–water partition coefficient (Wildman–Crippen LogP) is 6.36. The van der Waals surface area contributed by atoms with Gasteiger partial charge in [0.15, 0.2) is 11.2 Å². The maximum absolute atomic E-state index is 12.5. The number of fused-ring (bicyclic) bond motifs is 1. The molecule has 0 saturated heterocycles. The monoisotopic (exact) mass is 526 g/mol. The molecule has 4 aromatic rings. The molecule has 1 aromatic heterocycles. The molecule has 0 spiro atoms.